The van der Waals surface area contributed by atoms with E-state index < -0.39 is 9.84 Å². The van der Waals surface area contributed by atoms with Crippen molar-refractivity contribution in [3.05, 3.63) is 29.8 Å². The Hall–Kier alpha value is -1.45. The van der Waals surface area contributed by atoms with Crippen molar-refractivity contribution in [3.63, 3.8) is 0 Å². The lowest BCUT2D eigenvalue weighted by atomic mass is 10.2. The largest absolute Gasteiger partial charge is 0.341 e. The van der Waals surface area contributed by atoms with Gasteiger partial charge in [0.2, 0.25) is 0 Å². The van der Waals surface area contributed by atoms with Gasteiger partial charge in [-0.2, -0.15) is 0 Å². The standard InChI is InChI=1S/C14H15NO3S2/c1-2-8-15-14(16)12-5-3-4-6-13(12)19-11-7-9-20(17,18)10-11/h1,3-6,11H,7-10H2,(H,15,16)/t11-/m1/s1. The molecule has 1 aliphatic rings. The normalized spacial score (nSPS) is 20.2. The molecule has 1 amide bonds. The molecule has 0 radical (unpaired) electrons. The number of amides is 1. The molecule has 2 rings (SSSR count). The molecular formula is C14H15NO3S2. The molecule has 1 aromatic carbocycles. The number of carbonyl (C=O) groups excluding carboxylic acids is 1. The summed E-state index contributed by atoms with van der Waals surface area (Å²) in [6, 6.07) is 7.17. The van der Waals surface area contributed by atoms with Crippen LogP contribution in [-0.4, -0.2) is 37.6 Å². The number of nitrogens with one attached hydrogen (secondary N) is 1. The van der Waals surface area contributed by atoms with Crippen molar-refractivity contribution in [1.29, 1.82) is 0 Å². The molecule has 0 spiro atoms. The SMILES string of the molecule is C#CCNC(=O)c1ccccc1S[C@@H]1CCS(=O)(=O)C1. The summed E-state index contributed by atoms with van der Waals surface area (Å²) < 4.78 is 23.0. The second-order valence-corrected chi connectivity index (χ2v) is 8.10. The van der Waals surface area contributed by atoms with Crippen LogP contribution in [0, 0.1) is 12.3 Å². The van der Waals surface area contributed by atoms with Crippen LogP contribution in [-0.2, 0) is 9.84 Å². The second kappa shape index (κ2) is 6.33. The third kappa shape index (κ3) is 3.78. The Morgan fingerprint density at radius 1 is 1.45 bits per heavy atom. The number of rotatable bonds is 4. The van der Waals surface area contributed by atoms with Gasteiger partial charge in [-0.3, -0.25) is 4.79 Å². The smallest absolute Gasteiger partial charge is 0.253 e. The number of benzene rings is 1. The molecule has 0 unspecified atom stereocenters. The van der Waals surface area contributed by atoms with Gasteiger partial charge in [0, 0.05) is 10.1 Å². The molecule has 0 bridgehead atoms. The maximum Gasteiger partial charge on any atom is 0.253 e. The molecule has 0 aliphatic carbocycles. The van der Waals surface area contributed by atoms with Gasteiger partial charge in [-0.1, -0.05) is 18.1 Å². The number of terminal acetylenes is 1. The lowest BCUT2D eigenvalue weighted by Crippen LogP contribution is -2.24. The molecule has 1 fully saturated rings. The van der Waals surface area contributed by atoms with Crippen LogP contribution >= 0.6 is 11.8 Å². The molecule has 4 nitrogen and oxygen atoms in total. The fourth-order valence-corrected chi connectivity index (χ4v) is 5.64. The van der Waals surface area contributed by atoms with E-state index in [-0.39, 0.29) is 29.2 Å². The van der Waals surface area contributed by atoms with Crippen molar-refractivity contribution < 1.29 is 13.2 Å². The minimum Gasteiger partial charge on any atom is -0.341 e. The summed E-state index contributed by atoms with van der Waals surface area (Å²) in [5, 5.41) is 2.64. The quantitative estimate of drug-likeness (QED) is 0.852. The van der Waals surface area contributed by atoms with Gasteiger partial charge in [-0.05, 0) is 18.6 Å². The van der Waals surface area contributed by atoms with Gasteiger partial charge in [0.05, 0.1) is 23.6 Å². The summed E-state index contributed by atoms with van der Waals surface area (Å²) >= 11 is 1.45. The Bertz CT molecular complexity index is 647. The third-order valence-corrected chi connectivity index (χ3v) is 6.29. The summed E-state index contributed by atoms with van der Waals surface area (Å²) in [6.45, 7) is 0.176. The fourth-order valence-electron chi connectivity index (χ4n) is 2.02. The maximum absolute atomic E-state index is 12.0. The van der Waals surface area contributed by atoms with Crippen molar-refractivity contribution in [2.24, 2.45) is 0 Å². The van der Waals surface area contributed by atoms with E-state index >= 15 is 0 Å². The number of sulfone groups is 1. The molecule has 1 N–H and O–H groups in total. The van der Waals surface area contributed by atoms with Crippen LogP contribution in [0.15, 0.2) is 29.2 Å². The zero-order chi connectivity index (χ0) is 14.6. The molecule has 1 aromatic rings. The first kappa shape index (κ1) is 14.9. The topological polar surface area (TPSA) is 63.2 Å². The molecule has 1 heterocycles. The predicted octanol–water partition coefficient (Wildman–Crippen LogP) is 1.33. The summed E-state index contributed by atoms with van der Waals surface area (Å²) in [6.07, 6.45) is 5.75. The van der Waals surface area contributed by atoms with Crippen LogP contribution in [0.2, 0.25) is 0 Å². The highest BCUT2D eigenvalue weighted by molar-refractivity contribution is 8.02. The van der Waals surface area contributed by atoms with Crippen LogP contribution in [0.5, 0.6) is 0 Å². The Morgan fingerprint density at radius 3 is 2.85 bits per heavy atom. The summed E-state index contributed by atoms with van der Waals surface area (Å²) in [5.74, 6) is 2.53. The highest BCUT2D eigenvalue weighted by Gasteiger charge is 2.29. The first-order valence-corrected chi connectivity index (χ1v) is 8.90. The zero-order valence-electron chi connectivity index (χ0n) is 10.8. The first-order valence-electron chi connectivity index (χ1n) is 6.19. The third-order valence-electron chi connectivity index (χ3n) is 2.97. The minimum atomic E-state index is -2.91. The van der Waals surface area contributed by atoms with Crippen LogP contribution in [0.3, 0.4) is 0 Å². The van der Waals surface area contributed by atoms with Gasteiger partial charge in [-0.15, -0.1) is 18.2 Å². The van der Waals surface area contributed by atoms with Crippen molar-refractivity contribution in [2.45, 2.75) is 16.6 Å². The molecular weight excluding hydrogens is 294 g/mol. The molecule has 20 heavy (non-hydrogen) atoms. The van der Waals surface area contributed by atoms with Crippen LogP contribution in [0.1, 0.15) is 16.8 Å². The van der Waals surface area contributed by atoms with Crippen molar-refractivity contribution >= 4 is 27.5 Å². The Kier molecular flexibility index (Phi) is 4.73. The summed E-state index contributed by atoms with van der Waals surface area (Å²) in [5.41, 5.74) is 0.539. The second-order valence-electron chi connectivity index (χ2n) is 4.53. The Morgan fingerprint density at radius 2 is 2.20 bits per heavy atom. The van der Waals surface area contributed by atoms with Gasteiger partial charge in [0.1, 0.15) is 0 Å². The van der Waals surface area contributed by atoms with Crippen molar-refractivity contribution in [1.82, 2.24) is 5.32 Å². The lowest BCUT2D eigenvalue weighted by molar-refractivity contribution is 0.0956. The highest BCUT2D eigenvalue weighted by Crippen LogP contribution is 2.32. The fraction of sp³-hybridized carbons (Fsp3) is 0.357. The van der Waals surface area contributed by atoms with Gasteiger partial charge < -0.3 is 5.32 Å². The Labute approximate surface area is 123 Å². The van der Waals surface area contributed by atoms with E-state index in [1.54, 1.807) is 12.1 Å². The van der Waals surface area contributed by atoms with Crippen molar-refractivity contribution in [3.8, 4) is 12.3 Å². The van der Waals surface area contributed by atoms with E-state index in [2.05, 4.69) is 11.2 Å². The molecule has 6 heteroatoms. The van der Waals surface area contributed by atoms with E-state index in [1.165, 1.54) is 11.8 Å². The molecule has 1 aliphatic heterocycles. The molecule has 1 atom stereocenters. The lowest BCUT2D eigenvalue weighted by Gasteiger charge is -2.11. The van der Waals surface area contributed by atoms with E-state index in [0.717, 1.165) is 4.90 Å². The van der Waals surface area contributed by atoms with E-state index in [1.807, 2.05) is 12.1 Å². The number of thioether (sulfide) groups is 1. The molecule has 1 saturated heterocycles. The Balaban J connectivity index is 2.12. The molecule has 0 aromatic heterocycles. The van der Waals surface area contributed by atoms with Gasteiger partial charge in [0.15, 0.2) is 9.84 Å². The number of carbonyl (C=O) groups is 1. The maximum atomic E-state index is 12.0. The number of hydrogen-bond donors (Lipinski definition) is 1. The minimum absolute atomic E-state index is 0.0154. The zero-order valence-corrected chi connectivity index (χ0v) is 12.5. The monoisotopic (exact) mass is 309 g/mol. The van der Waals surface area contributed by atoms with Crippen LogP contribution in [0.25, 0.3) is 0 Å². The van der Waals surface area contributed by atoms with Crippen LogP contribution < -0.4 is 5.32 Å². The van der Waals surface area contributed by atoms with Gasteiger partial charge in [0.25, 0.3) is 5.91 Å². The number of hydrogen-bond acceptors (Lipinski definition) is 4. The first-order chi connectivity index (χ1) is 9.52. The van der Waals surface area contributed by atoms with Gasteiger partial charge in [-0.25, -0.2) is 8.42 Å². The molecule has 0 saturated carbocycles. The van der Waals surface area contributed by atoms with E-state index in [4.69, 9.17) is 6.42 Å². The van der Waals surface area contributed by atoms with Gasteiger partial charge >= 0.3 is 0 Å². The van der Waals surface area contributed by atoms with Crippen molar-refractivity contribution in [2.75, 3.05) is 18.1 Å². The summed E-state index contributed by atoms with van der Waals surface area (Å²) in [7, 11) is -2.91. The summed E-state index contributed by atoms with van der Waals surface area (Å²) in [4.78, 5) is 12.8. The van der Waals surface area contributed by atoms with E-state index in [0.29, 0.717) is 12.0 Å². The average molecular weight is 309 g/mol. The highest BCUT2D eigenvalue weighted by atomic mass is 32.2. The molecule has 106 valence electrons. The average Bonchev–Trinajstić information content (AvgIpc) is 2.76. The van der Waals surface area contributed by atoms with E-state index in [9.17, 15) is 13.2 Å². The predicted molar refractivity (Wildman–Crippen MR) is 80.5 cm³/mol. The van der Waals surface area contributed by atoms with Crippen LogP contribution in [0.4, 0.5) is 0 Å².